The summed E-state index contributed by atoms with van der Waals surface area (Å²) in [5.74, 6) is -0.310. The number of nitro groups is 1. The topological polar surface area (TPSA) is 101 Å². The number of carbonyl (C=O) groups excluding carboxylic acids is 2. The Morgan fingerprint density at radius 1 is 1.19 bits per heavy atom. The summed E-state index contributed by atoms with van der Waals surface area (Å²) < 4.78 is 0. The Balaban J connectivity index is 2.56. The lowest BCUT2D eigenvalue weighted by molar-refractivity contribution is -0.384. The van der Waals surface area contributed by atoms with Gasteiger partial charge in [0.25, 0.3) is 5.69 Å². The van der Waals surface area contributed by atoms with Gasteiger partial charge in [-0.25, -0.2) is 0 Å². The molecule has 1 atom stereocenters. The second-order valence-corrected chi connectivity index (χ2v) is 4.80. The SMILES string of the molecule is CC(=O)NCC(CCc1ccc([N+](=O)[O-])cc1)NC(C)=O. The molecule has 1 aromatic rings. The molecule has 0 aliphatic rings. The standard InChI is InChI=1S/C14H19N3O4/c1-10(18)15-9-13(16-11(2)19)6-3-12-4-7-14(8-5-12)17(20)21/h4-5,7-8,13H,3,6,9H2,1-2H3,(H,15,18)(H,16,19). The summed E-state index contributed by atoms with van der Waals surface area (Å²) >= 11 is 0. The molecule has 1 aromatic carbocycles. The van der Waals surface area contributed by atoms with Gasteiger partial charge in [0.2, 0.25) is 11.8 Å². The number of benzene rings is 1. The predicted molar refractivity (Wildman–Crippen MR) is 77.7 cm³/mol. The minimum absolute atomic E-state index is 0.0513. The molecular weight excluding hydrogens is 274 g/mol. The zero-order valence-corrected chi connectivity index (χ0v) is 12.1. The van der Waals surface area contributed by atoms with Crippen LogP contribution in [-0.2, 0) is 16.0 Å². The second kappa shape index (κ2) is 7.98. The summed E-state index contributed by atoms with van der Waals surface area (Å²) in [6.07, 6.45) is 1.29. The number of aryl methyl sites for hydroxylation is 1. The number of amides is 2. The zero-order valence-electron chi connectivity index (χ0n) is 12.1. The van der Waals surface area contributed by atoms with Crippen LogP contribution in [0.2, 0.25) is 0 Å². The van der Waals surface area contributed by atoms with Crippen LogP contribution in [0.15, 0.2) is 24.3 Å². The third-order valence-corrected chi connectivity index (χ3v) is 2.93. The molecule has 0 aliphatic heterocycles. The zero-order chi connectivity index (χ0) is 15.8. The molecule has 114 valence electrons. The molecule has 0 spiro atoms. The fraction of sp³-hybridized carbons (Fsp3) is 0.429. The minimum Gasteiger partial charge on any atom is -0.354 e. The molecule has 0 fully saturated rings. The highest BCUT2D eigenvalue weighted by Gasteiger charge is 2.11. The Labute approximate surface area is 122 Å². The van der Waals surface area contributed by atoms with E-state index in [0.717, 1.165) is 5.56 Å². The van der Waals surface area contributed by atoms with E-state index in [0.29, 0.717) is 19.4 Å². The highest BCUT2D eigenvalue weighted by atomic mass is 16.6. The quantitative estimate of drug-likeness (QED) is 0.582. The number of non-ortho nitro benzene ring substituents is 1. The summed E-state index contributed by atoms with van der Waals surface area (Å²) in [7, 11) is 0. The van der Waals surface area contributed by atoms with Crippen LogP contribution in [0, 0.1) is 10.1 Å². The highest BCUT2D eigenvalue weighted by molar-refractivity contribution is 5.74. The molecule has 0 saturated heterocycles. The van der Waals surface area contributed by atoms with Crippen LogP contribution in [-0.4, -0.2) is 29.3 Å². The Kier molecular flexibility index (Phi) is 6.32. The average molecular weight is 293 g/mol. The summed E-state index contributed by atoms with van der Waals surface area (Å²) in [5, 5.41) is 16.0. The van der Waals surface area contributed by atoms with Crippen molar-refractivity contribution in [2.24, 2.45) is 0 Å². The number of hydrogen-bond donors (Lipinski definition) is 2. The van der Waals surface area contributed by atoms with Crippen molar-refractivity contribution < 1.29 is 14.5 Å². The molecule has 0 heterocycles. The maximum Gasteiger partial charge on any atom is 0.269 e. The average Bonchev–Trinajstić information content (AvgIpc) is 2.41. The van der Waals surface area contributed by atoms with Gasteiger partial charge in [-0.2, -0.15) is 0 Å². The summed E-state index contributed by atoms with van der Waals surface area (Å²) in [4.78, 5) is 32.2. The molecule has 0 aromatic heterocycles. The second-order valence-electron chi connectivity index (χ2n) is 4.80. The molecule has 7 nitrogen and oxygen atoms in total. The van der Waals surface area contributed by atoms with Gasteiger partial charge in [0.15, 0.2) is 0 Å². The Bertz CT molecular complexity index is 513. The van der Waals surface area contributed by atoms with E-state index in [4.69, 9.17) is 0 Å². The van der Waals surface area contributed by atoms with Crippen molar-refractivity contribution in [3.05, 3.63) is 39.9 Å². The Morgan fingerprint density at radius 3 is 2.29 bits per heavy atom. The number of nitrogens with one attached hydrogen (secondary N) is 2. The predicted octanol–water partition coefficient (Wildman–Crippen LogP) is 1.17. The van der Waals surface area contributed by atoms with E-state index < -0.39 is 4.92 Å². The van der Waals surface area contributed by atoms with Gasteiger partial charge in [0.05, 0.1) is 4.92 Å². The first kappa shape index (κ1) is 16.6. The maximum absolute atomic E-state index is 11.1. The van der Waals surface area contributed by atoms with Crippen molar-refractivity contribution in [2.45, 2.75) is 32.7 Å². The Morgan fingerprint density at radius 2 is 1.81 bits per heavy atom. The lowest BCUT2D eigenvalue weighted by Gasteiger charge is -2.18. The van der Waals surface area contributed by atoms with E-state index in [1.54, 1.807) is 12.1 Å². The van der Waals surface area contributed by atoms with E-state index in [1.807, 2.05) is 0 Å². The molecule has 1 rings (SSSR count). The van der Waals surface area contributed by atoms with E-state index in [1.165, 1.54) is 26.0 Å². The first-order valence-electron chi connectivity index (χ1n) is 6.63. The van der Waals surface area contributed by atoms with E-state index in [2.05, 4.69) is 10.6 Å². The van der Waals surface area contributed by atoms with Crippen molar-refractivity contribution in [1.82, 2.24) is 10.6 Å². The smallest absolute Gasteiger partial charge is 0.269 e. The van der Waals surface area contributed by atoms with Crippen LogP contribution >= 0.6 is 0 Å². The van der Waals surface area contributed by atoms with Crippen molar-refractivity contribution in [3.63, 3.8) is 0 Å². The monoisotopic (exact) mass is 293 g/mol. The van der Waals surface area contributed by atoms with Gasteiger partial charge < -0.3 is 10.6 Å². The summed E-state index contributed by atoms with van der Waals surface area (Å²) in [5.41, 5.74) is 0.995. The van der Waals surface area contributed by atoms with Crippen molar-refractivity contribution in [3.8, 4) is 0 Å². The normalized spacial score (nSPS) is 11.5. The van der Waals surface area contributed by atoms with Crippen LogP contribution < -0.4 is 10.6 Å². The van der Waals surface area contributed by atoms with Gasteiger partial charge in [-0.15, -0.1) is 0 Å². The van der Waals surface area contributed by atoms with Crippen LogP contribution in [0.25, 0.3) is 0 Å². The molecule has 21 heavy (non-hydrogen) atoms. The van der Waals surface area contributed by atoms with Gasteiger partial charge >= 0.3 is 0 Å². The van der Waals surface area contributed by atoms with Gasteiger partial charge in [-0.1, -0.05) is 12.1 Å². The summed E-state index contributed by atoms with van der Waals surface area (Å²) in [6, 6.07) is 6.14. The molecular formula is C14H19N3O4. The third kappa shape index (κ3) is 6.51. The number of rotatable bonds is 7. The molecule has 0 radical (unpaired) electrons. The first-order valence-corrected chi connectivity index (χ1v) is 6.63. The number of nitrogens with zero attached hydrogens (tertiary/aromatic N) is 1. The van der Waals surface area contributed by atoms with Gasteiger partial charge in [-0.05, 0) is 18.4 Å². The number of carbonyl (C=O) groups is 2. The lowest BCUT2D eigenvalue weighted by atomic mass is 10.0. The van der Waals surface area contributed by atoms with Crippen molar-refractivity contribution >= 4 is 17.5 Å². The molecule has 2 amide bonds. The molecule has 0 saturated carbocycles. The Hall–Kier alpha value is -2.44. The van der Waals surface area contributed by atoms with Crippen LogP contribution in [0.4, 0.5) is 5.69 Å². The first-order chi connectivity index (χ1) is 9.88. The molecule has 0 aliphatic carbocycles. The number of hydrogen-bond acceptors (Lipinski definition) is 4. The molecule has 2 N–H and O–H groups in total. The highest BCUT2D eigenvalue weighted by Crippen LogP contribution is 2.13. The van der Waals surface area contributed by atoms with Crippen LogP contribution in [0.5, 0.6) is 0 Å². The molecule has 1 unspecified atom stereocenters. The van der Waals surface area contributed by atoms with E-state index in [9.17, 15) is 19.7 Å². The largest absolute Gasteiger partial charge is 0.354 e. The fourth-order valence-corrected chi connectivity index (χ4v) is 1.90. The van der Waals surface area contributed by atoms with Gasteiger partial charge in [0, 0.05) is 38.6 Å². The van der Waals surface area contributed by atoms with Crippen molar-refractivity contribution in [2.75, 3.05) is 6.54 Å². The molecule has 0 bridgehead atoms. The maximum atomic E-state index is 11.1. The van der Waals surface area contributed by atoms with E-state index >= 15 is 0 Å². The number of nitro benzene ring substituents is 1. The van der Waals surface area contributed by atoms with Crippen LogP contribution in [0.3, 0.4) is 0 Å². The van der Waals surface area contributed by atoms with Gasteiger partial charge in [0.1, 0.15) is 0 Å². The van der Waals surface area contributed by atoms with E-state index in [-0.39, 0.29) is 23.5 Å². The van der Waals surface area contributed by atoms with Crippen LogP contribution in [0.1, 0.15) is 25.8 Å². The fourth-order valence-electron chi connectivity index (χ4n) is 1.90. The summed E-state index contributed by atoms with van der Waals surface area (Å²) in [6.45, 7) is 3.20. The minimum atomic E-state index is -0.444. The molecule has 7 heteroatoms. The van der Waals surface area contributed by atoms with Crippen molar-refractivity contribution in [1.29, 1.82) is 0 Å². The lowest BCUT2D eigenvalue weighted by Crippen LogP contribution is -2.42. The third-order valence-electron chi connectivity index (χ3n) is 2.93. The van der Waals surface area contributed by atoms with Gasteiger partial charge in [-0.3, -0.25) is 19.7 Å².